The molecule has 3 nitrogen and oxygen atoms in total. The Morgan fingerprint density at radius 2 is 2.44 bits per heavy atom. The zero-order chi connectivity index (χ0) is 11.8. The first-order valence-electron chi connectivity index (χ1n) is 5.30. The largest absolute Gasteiger partial charge is 0.355 e. The van der Waals surface area contributed by atoms with E-state index in [2.05, 4.69) is 32.7 Å². The molecule has 0 spiro atoms. The van der Waals surface area contributed by atoms with Gasteiger partial charge in [-0.15, -0.1) is 0 Å². The maximum absolute atomic E-state index is 6.18. The number of anilines is 1. The number of rotatable bonds is 2. The third kappa shape index (κ3) is 2.34. The van der Waals surface area contributed by atoms with Crippen LogP contribution in [0.2, 0.25) is 5.02 Å². The van der Waals surface area contributed by atoms with Gasteiger partial charge in [0.15, 0.2) is 0 Å². The Hall–Kier alpha value is -0.320. The van der Waals surface area contributed by atoms with Crippen LogP contribution in [0.15, 0.2) is 16.7 Å². The molecule has 1 unspecified atom stereocenters. The Morgan fingerprint density at radius 3 is 3.00 bits per heavy atom. The third-order valence-corrected chi connectivity index (χ3v) is 3.85. The standard InChI is InChI=1S/C11H15BrClN3/c1-11(6-14)2-3-16(7-11)10-9(13)4-8(12)5-15-10/h4-5H,2-3,6-7,14H2,1H3. The van der Waals surface area contributed by atoms with E-state index in [1.54, 1.807) is 6.20 Å². The Bertz CT molecular complexity index is 399. The fraction of sp³-hybridized carbons (Fsp3) is 0.545. The van der Waals surface area contributed by atoms with Crippen LogP contribution in [-0.2, 0) is 0 Å². The first-order chi connectivity index (χ1) is 7.54. The van der Waals surface area contributed by atoms with Gasteiger partial charge in [0.25, 0.3) is 0 Å². The van der Waals surface area contributed by atoms with Crippen molar-refractivity contribution in [2.24, 2.45) is 11.1 Å². The molecule has 2 N–H and O–H groups in total. The van der Waals surface area contributed by atoms with Gasteiger partial charge < -0.3 is 10.6 Å². The molecule has 0 radical (unpaired) electrons. The van der Waals surface area contributed by atoms with Crippen molar-refractivity contribution in [3.05, 3.63) is 21.8 Å². The molecule has 0 saturated carbocycles. The molecule has 0 aliphatic carbocycles. The number of aromatic nitrogens is 1. The highest BCUT2D eigenvalue weighted by molar-refractivity contribution is 9.10. The second-order valence-electron chi connectivity index (χ2n) is 4.65. The highest BCUT2D eigenvalue weighted by atomic mass is 79.9. The Balaban J connectivity index is 2.21. The summed E-state index contributed by atoms with van der Waals surface area (Å²) >= 11 is 9.54. The fourth-order valence-electron chi connectivity index (χ4n) is 2.01. The summed E-state index contributed by atoms with van der Waals surface area (Å²) in [6.07, 6.45) is 2.87. The highest BCUT2D eigenvalue weighted by Gasteiger charge is 2.33. The second kappa shape index (κ2) is 4.51. The Kier molecular flexibility index (Phi) is 3.42. The molecule has 1 saturated heterocycles. The van der Waals surface area contributed by atoms with E-state index < -0.39 is 0 Å². The second-order valence-corrected chi connectivity index (χ2v) is 5.97. The molecular weight excluding hydrogens is 289 g/mol. The van der Waals surface area contributed by atoms with Gasteiger partial charge in [-0.2, -0.15) is 0 Å². The molecule has 1 aliphatic heterocycles. The van der Waals surface area contributed by atoms with Crippen molar-refractivity contribution in [3.63, 3.8) is 0 Å². The molecule has 0 amide bonds. The van der Waals surface area contributed by atoms with Crippen molar-refractivity contribution in [1.82, 2.24) is 4.98 Å². The van der Waals surface area contributed by atoms with Crippen molar-refractivity contribution in [3.8, 4) is 0 Å². The predicted molar refractivity (Wildman–Crippen MR) is 70.9 cm³/mol. The van der Waals surface area contributed by atoms with E-state index in [4.69, 9.17) is 17.3 Å². The Morgan fingerprint density at radius 1 is 1.69 bits per heavy atom. The molecule has 2 rings (SSSR count). The minimum absolute atomic E-state index is 0.193. The van der Waals surface area contributed by atoms with E-state index in [9.17, 15) is 0 Å². The summed E-state index contributed by atoms with van der Waals surface area (Å²) in [7, 11) is 0. The summed E-state index contributed by atoms with van der Waals surface area (Å²) in [5, 5.41) is 0.690. The van der Waals surface area contributed by atoms with Crippen LogP contribution in [0.1, 0.15) is 13.3 Å². The van der Waals surface area contributed by atoms with E-state index in [1.165, 1.54) is 0 Å². The van der Waals surface area contributed by atoms with Crippen molar-refractivity contribution < 1.29 is 0 Å². The molecule has 0 bridgehead atoms. The zero-order valence-corrected chi connectivity index (χ0v) is 11.6. The SMILES string of the molecule is CC1(CN)CCN(c2ncc(Br)cc2Cl)C1. The van der Waals surface area contributed by atoms with Gasteiger partial charge in [-0.25, -0.2) is 4.98 Å². The minimum Gasteiger partial charge on any atom is -0.355 e. The summed E-state index contributed by atoms with van der Waals surface area (Å²) in [6, 6.07) is 1.88. The molecule has 0 aromatic carbocycles. The van der Waals surface area contributed by atoms with Gasteiger partial charge >= 0.3 is 0 Å². The number of hydrogen-bond donors (Lipinski definition) is 1. The van der Waals surface area contributed by atoms with Gasteiger partial charge in [0.05, 0.1) is 5.02 Å². The van der Waals surface area contributed by atoms with Crippen LogP contribution in [0.4, 0.5) is 5.82 Å². The number of hydrogen-bond acceptors (Lipinski definition) is 3. The average molecular weight is 305 g/mol. The predicted octanol–water partition coefficient (Wildman–Crippen LogP) is 2.67. The van der Waals surface area contributed by atoms with Crippen LogP contribution < -0.4 is 10.6 Å². The Labute approximate surface area is 109 Å². The minimum atomic E-state index is 0.193. The lowest BCUT2D eigenvalue weighted by atomic mass is 9.90. The van der Waals surface area contributed by atoms with Crippen LogP contribution >= 0.6 is 27.5 Å². The maximum Gasteiger partial charge on any atom is 0.147 e. The molecule has 1 atom stereocenters. The number of pyridine rings is 1. The highest BCUT2D eigenvalue weighted by Crippen LogP contribution is 2.35. The van der Waals surface area contributed by atoms with Crippen molar-refractivity contribution in [1.29, 1.82) is 0 Å². The summed E-state index contributed by atoms with van der Waals surface area (Å²) in [4.78, 5) is 6.58. The molecule has 88 valence electrons. The molecule has 1 fully saturated rings. The topological polar surface area (TPSA) is 42.1 Å². The zero-order valence-electron chi connectivity index (χ0n) is 9.21. The van der Waals surface area contributed by atoms with E-state index in [0.717, 1.165) is 29.8 Å². The summed E-state index contributed by atoms with van der Waals surface area (Å²) < 4.78 is 0.905. The molecule has 1 aliphatic rings. The van der Waals surface area contributed by atoms with Gasteiger partial charge in [-0.1, -0.05) is 18.5 Å². The lowest BCUT2D eigenvalue weighted by Crippen LogP contribution is -2.31. The smallest absolute Gasteiger partial charge is 0.147 e. The van der Waals surface area contributed by atoms with E-state index in [0.29, 0.717) is 11.6 Å². The maximum atomic E-state index is 6.18. The monoisotopic (exact) mass is 303 g/mol. The van der Waals surface area contributed by atoms with Gasteiger partial charge in [0.1, 0.15) is 5.82 Å². The first kappa shape index (κ1) is 12.1. The van der Waals surface area contributed by atoms with Crippen LogP contribution in [-0.4, -0.2) is 24.6 Å². The van der Waals surface area contributed by atoms with Crippen LogP contribution in [0, 0.1) is 5.41 Å². The molecule has 1 aromatic heterocycles. The average Bonchev–Trinajstić information content (AvgIpc) is 2.62. The van der Waals surface area contributed by atoms with Gasteiger partial charge in [-0.3, -0.25) is 0 Å². The molecular formula is C11H15BrClN3. The quantitative estimate of drug-likeness (QED) is 0.913. The van der Waals surface area contributed by atoms with Crippen molar-refractivity contribution >= 4 is 33.3 Å². The van der Waals surface area contributed by atoms with E-state index in [-0.39, 0.29) is 5.41 Å². The third-order valence-electron chi connectivity index (χ3n) is 3.14. The molecule has 16 heavy (non-hydrogen) atoms. The van der Waals surface area contributed by atoms with Crippen molar-refractivity contribution in [2.45, 2.75) is 13.3 Å². The van der Waals surface area contributed by atoms with Crippen LogP contribution in [0.3, 0.4) is 0 Å². The molecule has 1 aromatic rings. The van der Waals surface area contributed by atoms with Gasteiger partial charge in [-0.05, 0) is 40.4 Å². The summed E-state index contributed by atoms with van der Waals surface area (Å²) in [5.41, 5.74) is 5.98. The normalized spacial score (nSPS) is 25.1. The number of halogens is 2. The summed E-state index contributed by atoms with van der Waals surface area (Å²) in [6.45, 7) is 4.82. The number of nitrogens with two attached hydrogens (primary N) is 1. The van der Waals surface area contributed by atoms with E-state index >= 15 is 0 Å². The van der Waals surface area contributed by atoms with Crippen molar-refractivity contribution in [2.75, 3.05) is 24.5 Å². The fourth-order valence-corrected chi connectivity index (χ4v) is 2.76. The van der Waals surface area contributed by atoms with Crippen LogP contribution in [0.5, 0.6) is 0 Å². The van der Waals surface area contributed by atoms with Crippen LogP contribution in [0.25, 0.3) is 0 Å². The lowest BCUT2D eigenvalue weighted by molar-refractivity contribution is 0.383. The molecule has 5 heteroatoms. The summed E-state index contributed by atoms with van der Waals surface area (Å²) in [5.74, 6) is 0.863. The van der Waals surface area contributed by atoms with Gasteiger partial charge in [0, 0.05) is 23.8 Å². The first-order valence-corrected chi connectivity index (χ1v) is 6.47. The molecule has 2 heterocycles. The van der Waals surface area contributed by atoms with Gasteiger partial charge in [0.2, 0.25) is 0 Å². The lowest BCUT2D eigenvalue weighted by Gasteiger charge is -2.23. The van der Waals surface area contributed by atoms with E-state index in [1.807, 2.05) is 6.07 Å². The number of nitrogens with zero attached hydrogens (tertiary/aromatic N) is 2.